The van der Waals surface area contributed by atoms with Gasteiger partial charge in [0.15, 0.2) is 0 Å². The van der Waals surface area contributed by atoms with Gasteiger partial charge in [-0.3, -0.25) is 9.10 Å². The van der Waals surface area contributed by atoms with Crippen LogP contribution in [0.1, 0.15) is 15.4 Å². The van der Waals surface area contributed by atoms with Crippen molar-refractivity contribution in [2.75, 3.05) is 16.7 Å². The average molecular weight is 482 g/mol. The smallest absolute Gasteiger partial charge is 0.267 e. The number of hydrogen-bond acceptors (Lipinski definition) is 5. The molecular formula is C24H20FN3O3S2. The van der Waals surface area contributed by atoms with Crippen LogP contribution in [0.4, 0.5) is 15.8 Å². The second kappa shape index (κ2) is 9.13. The Morgan fingerprint density at radius 3 is 2.39 bits per heavy atom. The number of thiazole rings is 1. The topological polar surface area (TPSA) is 79.4 Å². The Morgan fingerprint density at radius 1 is 1.00 bits per heavy atom. The normalized spacial score (nSPS) is 11.2. The summed E-state index contributed by atoms with van der Waals surface area (Å²) < 4.78 is 40.5. The summed E-state index contributed by atoms with van der Waals surface area (Å²) in [5.41, 5.74) is 2.12. The number of rotatable bonds is 6. The first-order valence-corrected chi connectivity index (χ1v) is 12.2. The zero-order valence-electron chi connectivity index (χ0n) is 17.8. The van der Waals surface area contributed by atoms with Gasteiger partial charge < -0.3 is 5.32 Å². The lowest BCUT2D eigenvalue weighted by molar-refractivity contribution is 0.102. The van der Waals surface area contributed by atoms with Crippen LogP contribution in [0.3, 0.4) is 0 Å². The lowest BCUT2D eigenvalue weighted by atomic mass is 10.2. The highest BCUT2D eigenvalue weighted by Gasteiger charge is 2.22. The number of carbonyl (C=O) groups excluding carboxylic acids is 1. The number of sulfonamides is 1. The number of hydrogen-bond donors (Lipinski definition) is 1. The van der Waals surface area contributed by atoms with E-state index in [0.717, 1.165) is 0 Å². The number of anilines is 2. The standard InChI is InChI=1S/C24H20FN3O3S2/c1-16-22(32-24(26-16)17-11-13-18(25)14-12-17)23(29)27-19-7-6-10-21(15-19)33(30,31)28(2)20-8-4-3-5-9-20/h3-15H,1-2H3,(H,27,29). The SMILES string of the molecule is Cc1nc(-c2ccc(F)cc2)sc1C(=O)Nc1cccc(S(=O)(=O)N(C)c2ccccc2)c1. The Labute approximate surface area is 195 Å². The Balaban J connectivity index is 1.56. The Bertz CT molecular complexity index is 1400. The minimum Gasteiger partial charge on any atom is -0.321 e. The van der Waals surface area contributed by atoms with Crippen LogP contribution in [0.5, 0.6) is 0 Å². The number of nitrogens with zero attached hydrogens (tertiary/aromatic N) is 2. The summed E-state index contributed by atoms with van der Waals surface area (Å²) in [6, 6.07) is 20.7. The van der Waals surface area contributed by atoms with Crippen molar-refractivity contribution in [1.29, 1.82) is 0 Å². The van der Waals surface area contributed by atoms with E-state index in [1.807, 2.05) is 6.07 Å². The molecule has 6 nitrogen and oxygen atoms in total. The van der Waals surface area contributed by atoms with E-state index in [9.17, 15) is 17.6 Å². The summed E-state index contributed by atoms with van der Waals surface area (Å²) in [6.07, 6.45) is 0. The second-order valence-electron chi connectivity index (χ2n) is 7.23. The average Bonchev–Trinajstić information content (AvgIpc) is 3.21. The zero-order valence-corrected chi connectivity index (χ0v) is 19.5. The third-order valence-corrected chi connectivity index (χ3v) is 7.95. The van der Waals surface area contributed by atoms with Gasteiger partial charge in [-0.05, 0) is 61.5 Å². The van der Waals surface area contributed by atoms with E-state index in [1.165, 1.54) is 47.0 Å². The molecule has 1 heterocycles. The fourth-order valence-electron chi connectivity index (χ4n) is 3.18. The molecule has 4 rings (SSSR count). The van der Waals surface area contributed by atoms with Crippen LogP contribution in [0.2, 0.25) is 0 Å². The molecular weight excluding hydrogens is 461 g/mol. The van der Waals surface area contributed by atoms with Crippen molar-refractivity contribution in [2.45, 2.75) is 11.8 Å². The van der Waals surface area contributed by atoms with Crippen LogP contribution >= 0.6 is 11.3 Å². The van der Waals surface area contributed by atoms with Gasteiger partial charge in [-0.1, -0.05) is 24.3 Å². The maximum absolute atomic E-state index is 13.2. The van der Waals surface area contributed by atoms with E-state index < -0.39 is 15.9 Å². The van der Waals surface area contributed by atoms with Gasteiger partial charge in [0.1, 0.15) is 15.7 Å². The molecule has 0 radical (unpaired) electrons. The number of para-hydroxylation sites is 1. The van der Waals surface area contributed by atoms with Crippen molar-refractivity contribution in [3.05, 3.63) is 95.3 Å². The molecule has 33 heavy (non-hydrogen) atoms. The quantitative estimate of drug-likeness (QED) is 0.403. The van der Waals surface area contributed by atoms with E-state index >= 15 is 0 Å². The summed E-state index contributed by atoms with van der Waals surface area (Å²) in [6.45, 7) is 1.72. The summed E-state index contributed by atoms with van der Waals surface area (Å²) in [4.78, 5) is 17.8. The molecule has 0 aliphatic heterocycles. The fourth-order valence-corrected chi connectivity index (χ4v) is 5.39. The maximum atomic E-state index is 13.2. The molecule has 3 aromatic carbocycles. The molecule has 0 fully saturated rings. The highest BCUT2D eigenvalue weighted by atomic mass is 32.2. The van der Waals surface area contributed by atoms with Crippen LogP contribution in [-0.4, -0.2) is 26.4 Å². The Morgan fingerprint density at radius 2 is 1.70 bits per heavy atom. The molecule has 0 aliphatic rings. The predicted molar refractivity (Wildman–Crippen MR) is 129 cm³/mol. The van der Waals surface area contributed by atoms with E-state index in [1.54, 1.807) is 55.5 Å². The summed E-state index contributed by atoms with van der Waals surface area (Å²) in [7, 11) is -2.34. The van der Waals surface area contributed by atoms with Gasteiger partial charge in [-0.2, -0.15) is 0 Å². The maximum Gasteiger partial charge on any atom is 0.267 e. The van der Waals surface area contributed by atoms with Gasteiger partial charge in [-0.25, -0.2) is 17.8 Å². The minimum atomic E-state index is -3.82. The molecule has 0 unspecified atom stereocenters. The molecule has 0 spiro atoms. The van der Waals surface area contributed by atoms with Gasteiger partial charge >= 0.3 is 0 Å². The van der Waals surface area contributed by atoms with Crippen molar-refractivity contribution in [2.24, 2.45) is 0 Å². The number of aromatic nitrogens is 1. The summed E-state index contributed by atoms with van der Waals surface area (Å²) >= 11 is 1.19. The lowest BCUT2D eigenvalue weighted by Gasteiger charge is -2.19. The molecule has 1 amide bonds. The minimum absolute atomic E-state index is 0.0553. The Hall–Kier alpha value is -3.56. The molecule has 1 aromatic heterocycles. The lowest BCUT2D eigenvalue weighted by Crippen LogP contribution is -2.26. The van der Waals surface area contributed by atoms with Crippen molar-refractivity contribution in [3.63, 3.8) is 0 Å². The van der Waals surface area contributed by atoms with Crippen LogP contribution < -0.4 is 9.62 Å². The van der Waals surface area contributed by atoms with Gasteiger partial charge in [0.05, 0.1) is 16.3 Å². The molecule has 0 aliphatic carbocycles. The predicted octanol–water partition coefficient (Wildman–Crippen LogP) is 5.34. The number of carbonyl (C=O) groups is 1. The van der Waals surface area contributed by atoms with E-state index in [4.69, 9.17) is 0 Å². The van der Waals surface area contributed by atoms with Gasteiger partial charge in [-0.15, -0.1) is 11.3 Å². The zero-order chi connectivity index (χ0) is 23.6. The van der Waals surface area contributed by atoms with Gasteiger partial charge in [0, 0.05) is 18.3 Å². The number of halogens is 1. The van der Waals surface area contributed by atoms with E-state index in [2.05, 4.69) is 10.3 Å². The molecule has 4 aromatic rings. The number of benzene rings is 3. The highest BCUT2D eigenvalue weighted by molar-refractivity contribution is 7.92. The van der Waals surface area contributed by atoms with Crippen molar-refractivity contribution in [3.8, 4) is 10.6 Å². The molecule has 1 N–H and O–H groups in total. The number of aryl methyl sites for hydroxylation is 1. The molecule has 9 heteroatoms. The van der Waals surface area contributed by atoms with E-state index in [-0.39, 0.29) is 10.7 Å². The highest BCUT2D eigenvalue weighted by Crippen LogP contribution is 2.29. The first kappa shape index (κ1) is 22.6. The molecule has 0 atom stereocenters. The summed E-state index contributed by atoms with van der Waals surface area (Å²) in [5, 5.41) is 3.35. The summed E-state index contributed by atoms with van der Waals surface area (Å²) in [5.74, 6) is -0.748. The third-order valence-electron chi connectivity index (χ3n) is 4.96. The van der Waals surface area contributed by atoms with Gasteiger partial charge in [0.25, 0.3) is 15.9 Å². The van der Waals surface area contributed by atoms with Crippen LogP contribution in [-0.2, 0) is 10.0 Å². The molecule has 168 valence electrons. The molecule has 0 saturated heterocycles. The van der Waals surface area contributed by atoms with Crippen molar-refractivity contribution >= 4 is 38.6 Å². The van der Waals surface area contributed by atoms with Crippen LogP contribution in [0, 0.1) is 12.7 Å². The van der Waals surface area contributed by atoms with Crippen LogP contribution in [0.25, 0.3) is 10.6 Å². The third kappa shape index (κ3) is 4.79. The first-order chi connectivity index (χ1) is 15.8. The first-order valence-electron chi connectivity index (χ1n) is 9.94. The largest absolute Gasteiger partial charge is 0.321 e. The molecule has 0 bridgehead atoms. The second-order valence-corrected chi connectivity index (χ2v) is 10.2. The molecule has 0 saturated carbocycles. The number of amides is 1. The Kier molecular flexibility index (Phi) is 6.26. The van der Waals surface area contributed by atoms with Crippen LogP contribution in [0.15, 0.2) is 83.8 Å². The van der Waals surface area contributed by atoms with Crippen molar-refractivity contribution < 1.29 is 17.6 Å². The number of nitrogens with one attached hydrogen (secondary N) is 1. The van der Waals surface area contributed by atoms with Gasteiger partial charge in [0.2, 0.25) is 0 Å². The van der Waals surface area contributed by atoms with Crippen molar-refractivity contribution in [1.82, 2.24) is 4.98 Å². The fraction of sp³-hybridized carbons (Fsp3) is 0.0833. The van der Waals surface area contributed by atoms with E-state index in [0.29, 0.717) is 32.5 Å². The monoisotopic (exact) mass is 481 g/mol.